The van der Waals surface area contributed by atoms with E-state index < -0.39 is 17.9 Å². The van der Waals surface area contributed by atoms with E-state index in [1.54, 1.807) is 30.5 Å². The number of halogens is 1. The molecule has 0 radical (unpaired) electrons. The lowest BCUT2D eigenvalue weighted by atomic mass is 10.1. The standard InChI is InChI=1S/C13H13ClN4O2/c14-8-3-4-10(12-7(8)2-1-5-17-12)18-13(20)9(15)6-11(16)19/h1-5,9H,6,15H2,(H2,16,19)(H,18,20). The third-order valence-electron chi connectivity index (χ3n) is 2.73. The first-order valence-corrected chi connectivity index (χ1v) is 6.25. The molecule has 0 saturated heterocycles. The lowest BCUT2D eigenvalue weighted by Gasteiger charge is -2.12. The van der Waals surface area contributed by atoms with Crippen molar-refractivity contribution in [1.29, 1.82) is 0 Å². The molecule has 0 bridgehead atoms. The van der Waals surface area contributed by atoms with Gasteiger partial charge >= 0.3 is 0 Å². The van der Waals surface area contributed by atoms with Crippen molar-refractivity contribution >= 4 is 40.0 Å². The summed E-state index contributed by atoms with van der Waals surface area (Å²) >= 11 is 6.06. The average molecular weight is 293 g/mol. The van der Waals surface area contributed by atoms with Crippen molar-refractivity contribution in [3.8, 4) is 0 Å². The zero-order valence-corrected chi connectivity index (χ0v) is 11.2. The molecule has 104 valence electrons. The number of hydrogen-bond acceptors (Lipinski definition) is 4. The van der Waals surface area contributed by atoms with Crippen molar-refractivity contribution in [2.75, 3.05) is 5.32 Å². The summed E-state index contributed by atoms with van der Waals surface area (Å²) in [6.45, 7) is 0. The van der Waals surface area contributed by atoms with Crippen LogP contribution in [0.1, 0.15) is 6.42 Å². The van der Waals surface area contributed by atoms with Crippen LogP contribution in [-0.2, 0) is 9.59 Å². The van der Waals surface area contributed by atoms with E-state index in [-0.39, 0.29) is 6.42 Å². The topological polar surface area (TPSA) is 111 Å². The van der Waals surface area contributed by atoms with Gasteiger partial charge in [-0.15, -0.1) is 0 Å². The number of rotatable bonds is 4. The number of fused-ring (bicyclic) bond motifs is 1. The van der Waals surface area contributed by atoms with Crippen LogP contribution in [0.25, 0.3) is 10.9 Å². The third-order valence-corrected chi connectivity index (χ3v) is 3.06. The van der Waals surface area contributed by atoms with Crippen molar-refractivity contribution in [3.05, 3.63) is 35.5 Å². The van der Waals surface area contributed by atoms with Crippen molar-refractivity contribution in [3.63, 3.8) is 0 Å². The van der Waals surface area contributed by atoms with Gasteiger partial charge in [-0.25, -0.2) is 0 Å². The van der Waals surface area contributed by atoms with Gasteiger partial charge in [0.15, 0.2) is 0 Å². The normalized spacial score (nSPS) is 12.1. The number of carbonyl (C=O) groups is 2. The number of nitrogens with zero attached hydrogens (tertiary/aromatic N) is 1. The van der Waals surface area contributed by atoms with Crippen LogP contribution in [0.2, 0.25) is 5.02 Å². The summed E-state index contributed by atoms with van der Waals surface area (Å²) in [5, 5.41) is 3.88. The van der Waals surface area contributed by atoms with Crippen LogP contribution in [0.5, 0.6) is 0 Å². The van der Waals surface area contributed by atoms with Gasteiger partial charge in [0.25, 0.3) is 0 Å². The number of aromatic nitrogens is 1. The number of amides is 2. The Hall–Kier alpha value is -2.18. The van der Waals surface area contributed by atoms with Crippen LogP contribution >= 0.6 is 11.6 Å². The minimum atomic E-state index is -0.998. The highest BCUT2D eigenvalue weighted by Crippen LogP contribution is 2.27. The van der Waals surface area contributed by atoms with Crippen LogP contribution in [0, 0.1) is 0 Å². The molecular weight excluding hydrogens is 280 g/mol. The van der Waals surface area contributed by atoms with E-state index in [1.807, 2.05) is 0 Å². The molecule has 0 saturated carbocycles. The van der Waals surface area contributed by atoms with Gasteiger partial charge < -0.3 is 16.8 Å². The van der Waals surface area contributed by atoms with E-state index >= 15 is 0 Å². The Labute approximate surface area is 120 Å². The molecule has 1 unspecified atom stereocenters. The summed E-state index contributed by atoms with van der Waals surface area (Å²) in [5.41, 5.74) is 11.6. The smallest absolute Gasteiger partial charge is 0.241 e. The van der Waals surface area contributed by atoms with Gasteiger partial charge in [-0.05, 0) is 24.3 Å². The van der Waals surface area contributed by atoms with Gasteiger partial charge in [0.2, 0.25) is 11.8 Å². The summed E-state index contributed by atoms with van der Waals surface area (Å²) in [6, 6.07) is 5.83. The molecule has 0 aliphatic heterocycles. The number of primary amides is 1. The maximum atomic E-state index is 11.9. The summed E-state index contributed by atoms with van der Waals surface area (Å²) in [7, 11) is 0. The Balaban J connectivity index is 2.28. The highest BCUT2D eigenvalue weighted by Gasteiger charge is 2.17. The Morgan fingerprint density at radius 1 is 1.35 bits per heavy atom. The lowest BCUT2D eigenvalue weighted by Crippen LogP contribution is -2.39. The fourth-order valence-electron chi connectivity index (χ4n) is 1.77. The number of pyridine rings is 1. The summed E-state index contributed by atoms with van der Waals surface area (Å²) in [4.78, 5) is 26.8. The number of carbonyl (C=O) groups excluding carboxylic acids is 2. The van der Waals surface area contributed by atoms with Gasteiger partial charge in [0.05, 0.1) is 28.7 Å². The van der Waals surface area contributed by atoms with Crippen LogP contribution < -0.4 is 16.8 Å². The van der Waals surface area contributed by atoms with Crippen molar-refractivity contribution in [2.24, 2.45) is 11.5 Å². The molecule has 5 N–H and O–H groups in total. The van der Waals surface area contributed by atoms with Crippen LogP contribution in [-0.4, -0.2) is 22.8 Å². The van der Waals surface area contributed by atoms with E-state index in [0.29, 0.717) is 16.2 Å². The Bertz CT molecular complexity index is 674. The summed E-state index contributed by atoms with van der Waals surface area (Å²) < 4.78 is 0. The number of nitrogens with two attached hydrogens (primary N) is 2. The quantitative estimate of drug-likeness (QED) is 0.781. The molecule has 20 heavy (non-hydrogen) atoms. The van der Waals surface area contributed by atoms with Crippen LogP contribution in [0.15, 0.2) is 30.5 Å². The SMILES string of the molecule is NC(=O)CC(N)C(=O)Nc1ccc(Cl)c2cccnc12. The molecule has 0 spiro atoms. The highest BCUT2D eigenvalue weighted by molar-refractivity contribution is 6.35. The van der Waals surface area contributed by atoms with Gasteiger partial charge in [-0.1, -0.05) is 11.6 Å². The van der Waals surface area contributed by atoms with E-state index in [9.17, 15) is 9.59 Å². The molecular formula is C13H13ClN4O2. The van der Waals surface area contributed by atoms with Crippen molar-refractivity contribution in [2.45, 2.75) is 12.5 Å². The molecule has 2 amide bonds. The Kier molecular flexibility index (Phi) is 4.16. The Morgan fingerprint density at radius 3 is 2.80 bits per heavy atom. The monoisotopic (exact) mass is 292 g/mol. The Morgan fingerprint density at radius 2 is 2.10 bits per heavy atom. The van der Waals surface area contributed by atoms with Gasteiger partial charge in [0.1, 0.15) is 0 Å². The van der Waals surface area contributed by atoms with Crippen molar-refractivity contribution in [1.82, 2.24) is 4.98 Å². The highest BCUT2D eigenvalue weighted by atomic mass is 35.5. The van der Waals surface area contributed by atoms with E-state index in [1.165, 1.54) is 0 Å². The van der Waals surface area contributed by atoms with Gasteiger partial charge in [0, 0.05) is 11.6 Å². The molecule has 7 heteroatoms. The minimum absolute atomic E-state index is 0.217. The maximum Gasteiger partial charge on any atom is 0.241 e. The largest absolute Gasteiger partial charge is 0.370 e. The number of benzene rings is 1. The second-order valence-corrected chi connectivity index (χ2v) is 4.67. The lowest BCUT2D eigenvalue weighted by molar-refractivity contribution is -0.123. The number of hydrogen-bond donors (Lipinski definition) is 3. The first-order chi connectivity index (χ1) is 9.49. The van der Waals surface area contributed by atoms with E-state index in [4.69, 9.17) is 23.1 Å². The molecule has 0 fully saturated rings. The fraction of sp³-hybridized carbons (Fsp3) is 0.154. The molecule has 6 nitrogen and oxygen atoms in total. The predicted molar refractivity (Wildman–Crippen MR) is 77.2 cm³/mol. The molecule has 2 aromatic rings. The maximum absolute atomic E-state index is 11.9. The fourth-order valence-corrected chi connectivity index (χ4v) is 1.99. The molecule has 0 aliphatic rings. The summed E-state index contributed by atoms with van der Waals surface area (Å²) in [5.74, 6) is -1.13. The zero-order chi connectivity index (χ0) is 14.7. The first-order valence-electron chi connectivity index (χ1n) is 5.87. The van der Waals surface area contributed by atoms with Crippen molar-refractivity contribution < 1.29 is 9.59 Å². The molecule has 1 heterocycles. The number of anilines is 1. The van der Waals surface area contributed by atoms with E-state index in [2.05, 4.69) is 10.3 Å². The first kappa shape index (κ1) is 14.2. The minimum Gasteiger partial charge on any atom is -0.370 e. The van der Waals surface area contributed by atoms with Crippen LogP contribution in [0.3, 0.4) is 0 Å². The number of nitrogens with one attached hydrogen (secondary N) is 1. The molecule has 1 atom stereocenters. The average Bonchev–Trinajstić information content (AvgIpc) is 2.41. The van der Waals surface area contributed by atoms with E-state index in [0.717, 1.165) is 5.39 Å². The second-order valence-electron chi connectivity index (χ2n) is 4.26. The van der Waals surface area contributed by atoms with Gasteiger partial charge in [-0.2, -0.15) is 0 Å². The van der Waals surface area contributed by atoms with Gasteiger partial charge in [-0.3, -0.25) is 14.6 Å². The zero-order valence-electron chi connectivity index (χ0n) is 10.5. The van der Waals surface area contributed by atoms with Crippen LogP contribution in [0.4, 0.5) is 5.69 Å². The predicted octanol–water partition coefficient (Wildman–Crippen LogP) is 1.03. The molecule has 2 rings (SSSR count). The molecule has 1 aromatic heterocycles. The summed E-state index contributed by atoms with van der Waals surface area (Å²) in [6.07, 6.45) is 1.38. The molecule has 1 aromatic carbocycles. The third kappa shape index (κ3) is 3.04. The second kappa shape index (κ2) is 5.85. The molecule has 0 aliphatic carbocycles.